The molecule has 1 N–H and O–H groups in total. The summed E-state index contributed by atoms with van der Waals surface area (Å²) in [5, 5.41) is 11.2. The largest absolute Gasteiger partial charge is 0.314 e. The van der Waals surface area contributed by atoms with Crippen molar-refractivity contribution in [2.75, 3.05) is 6.54 Å². The summed E-state index contributed by atoms with van der Waals surface area (Å²) in [7, 11) is 0. The Balaban J connectivity index is 1.99. The van der Waals surface area contributed by atoms with E-state index in [4.69, 9.17) is 0 Å². The summed E-state index contributed by atoms with van der Waals surface area (Å²) in [6.45, 7) is 6.46. The summed E-state index contributed by atoms with van der Waals surface area (Å²) in [5.41, 5.74) is 0. The van der Waals surface area contributed by atoms with Gasteiger partial charge in [-0.05, 0) is 26.3 Å². The topological polar surface area (TPSA) is 42.7 Å². The Labute approximate surface area is 85.7 Å². The van der Waals surface area contributed by atoms with Gasteiger partial charge in [-0.1, -0.05) is 18.6 Å². The Hall–Kier alpha value is -0.900. The van der Waals surface area contributed by atoms with Crippen molar-refractivity contribution in [1.29, 1.82) is 0 Å². The van der Waals surface area contributed by atoms with Gasteiger partial charge < -0.3 is 5.32 Å². The third-order valence-electron chi connectivity index (χ3n) is 2.25. The second kappa shape index (κ2) is 6.54. The number of nitrogens with one attached hydrogen (secondary N) is 1. The molecule has 0 saturated carbocycles. The summed E-state index contributed by atoms with van der Waals surface area (Å²) in [6, 6.07) is 0.635. The van der Waals surface area contributed by atoms with Crippen LogP contribution in [0, 0.1) is 0 Å². The number of nitrogens with zero attached hydrogens (tertiary/aromatic N) is 3. The van der Waals surface area contributed by atoms with Crippen LogP contribution in [0.4, 0.5) is 0 Å². The molecule has 1 rings (SSSR count). The minimum atomic E-state index is 0.635. The van der Waals surface area contributed by atoms with Gasteiger partial charge in [0.2, 0.25) is 0 Å². The molecule has 1 atom stereocenters. The quantitative estimate of drug-likeness (QED) is 0.671. The maximum Gasteiger partial charge on any atom is 0.0692 e. The van der Waals surface area contributed by atoms with Crippen LogP contribution in [-0.2, 0) is 6.54 Å². The smallest absolute Gasteiger partial charge is 0.0692 e. The fourth-order valence-electron chi connectivity index (χ4n) is 1.48. The van der Waals surface area contributed by atoms with Crippen LogP contribution in [0.3, 0.4) is 0 Å². The van der Waals surface area contributed by atoms with Crippen LogP contribution in [-0.4, -0.2) is 27.6 Å². The molecule has 1 heterocycles. The van der Waals surface area contributed by atoms with Crippen molar-refractivity contribution in [1.82, 2.24) is 20.3 Å². The number of aryl methyl sites for hydroxylation is 1. The molecule has 0 aliphatic rings. The van der Waals surface area contributed by atoms with Crippen LogP contribution in [0.25, 0.3) is 0 Å². The van der Waals surface area contributed by atoms with E-state index in [2.05, 4.69) is 29.5 Å². The first-order valence-corrected chi connectivity index (χ1v) is 5.40. The van der Waals surface area contributed by atoms with Gasteiger partial charge in [0.05, 0.1) is 6.20 Å². The third-order valence-corrected chi connectivity index (χ3v) is 2.25. The van der Waals surface area contributed by atoms with Crippen molar-refractivity contribution in [2.24, 2.45) is 0 Å². The fourth-order valence-corrected chi connectivity index (χ4v) is 1.48. The monoisotopic (exact) mass is 196 g/mol. The Morgan fingerprint density at radius 1 is 1.50 bits per heavy atom. The standard InChI is InChI=1S/C10H20N4/c1-3-5-10(2)11-6-4-8-14-9-7-12-13-14/h7,9-11H,3-6,8H2,1-2H3. The first-order chi connectivity index (χ1) is 6.83. The van der Waals surface area contributed by atoms with Gasteiger partial charge in [-0.3, -0.25) is 4.68 Å². The van der Waals surface area contributed by atoms with Crippen molar-refractivity contribution in [2.45, 2.75) is 45.7 Å². The zero-order valence-corrected chi connectivity index (χ0v) is 9.11. The lowest BCUT2D eigenvalue weighted by atomic mass is 10.2. The Bertz CT molecular complexity index is 220. The van der Waals surface area contributed by atoms with Gasteiger partial charge in [-0.15, -0.1) is 5.10 Å². The molecular formula is C10H20N4. The highest BCUT2D eigenvalue weighted by Crippen LogP contribution is 1.95. The minimum absolute atomic E-state index is 0.635. The zero-order valence-electron chi connectivity index (χ0n) is 9.11. The molecule has 0 aromatic carbocycles. The van der Waals surface area contributed by atoms with Crippen molar-refractivity contribution in [3.8, 4) is 0 Å². The average Bonchev–Trinajstić information content (AvgIpc) is 2.65. The van der Waals surface area contributed by atoms with E-state index in [0.29, 0.717) is 6.04 Å². The first-order valence-electron chi connectivity index (χ1n) is 5.40. The molecule has 0 aliphatic heterocycles. The van der Waals surface area contributed by atoms with Crippen LogP contribution in [0.5, 0.6) is 0 Å². The highest BCUT2D eigenvalue weighted by Gasteiger charge is 1.98. The predicted octanol–water partition coefficient (Wildman–Crippen LogP) is 1.45. The third kappa shape index (κ3) is 4.37. The van der Waals surface area contributed by atoms with E-state index < -0.39 is 0 Å². The summed E-state index contributed by atoms with van der Waals surface area (Å²) in [5.74, 6) is 0. The summed E-state index contributed by atoms with van der Waals surface area (Å²) < 4.78 is 1.87. The van der Waals surface area contributed by atoms with Gasteiger partial charge in [0, 0.05) is 18.8 Å². The van der Waals surface area contributed by atoms with Gasteiger partial charge in [-0.2, -0.15) is 0 Å². The SMILES string of the molecule is CCCC(C)NCCCn1ccnn1. The molecule has 14 heavy (non-hydrogen) atoms. The predicted molar refractivity (Wildman–Crippen MR) is 57.0 cm³/mol. The number of rotatable bonds is 7. The van der Waals surface area contributed by atoms with E-state index in [1.54, 1.807) is 6.20 Å². The highest BCUT2D eigenvalue weighted by molar-refractivity contribution is 4.64. The van der Waals surface area contributed by atoms with Crippen LogP contribution >= 0.6 is 0 Å². The fraction of sp³-hybridized carbons (Fsp3) is 0.800. The lowest BCUT2D eigenvalue weighted by Crippen LogP contribution is -2.27. The molecule has 0 bridgehead atoms. The van der Waals surface area contributed by atoms with Gasteiger partial charge in [0.1, 0.15) is 0 Å². The zero-order chi connectivity index (χ0) is 10.2. The van der Waals surface area contributed by atoms with E-state index in [9.17, 15) is 0 Å². The van der Waals surface area contributed by atoms with E-state index in [-0.39, 0.29) is 0 Å². The number of aromatic nitrogens is 3. The first kappa shape index (κ1) is 11.2. The lowest BCUT2D eigenvalue weighted by Gasteiger charge is -2.11. The molecule has 1 unspecified atom stereocenters. The summed E-state index contributed by atoms with van der Waals surface area (Å²) in [4.78, 5) is 0. The molecule has 0 spiro atoms. The second-order valence-electron chi connectivity index (χ2n) is 3.66. The molecule has 1 aromatic heterocycles. The molecule has 0 saturated heterocycles. The van der Waals surface area contributed by atoms with Crippen LogP contribution in [0.2, 0.25) is 0 Å². The molecule has 0 fully saturated rings. The number of hydrogen-bond donors (Lipinski definition) is 1. The van der Waals surface area contributed by atoms with Crippen LogP contribution in [0.1, 0.15) is 33.1 Å². The van der Waals surface area contributed by atoms with Crippen LogP contribution in [0.15, 0.2) is 12.4 Å². The van der Waals surface area contributed by atoms with Crippen molar-refractivity contribution >= 4 is 0 Å². The summed E-state index contributed by atoms with van der Waals surface area (Å²) >= 11 is 0. The average molecular weight is 196 g/mol. The second-order valence-corrected chi connectivity index (χ2v) is 3.66. The molecule has 4 heteroatoms. The van der Waals surface area contributed by atoms with Crippen molar-refractivity contribution in [3.63, 3.8) is 0 Å². The molecule has 0 radical (unpaired) electrons. The van der Waals surface area contributed by atoms with E-state index in [1.807, 2.05) is 10.9 Å². The van der Waals surface area contributed by atoms with Gasteiger partial charge in [0.25, 0.3) is 0 Å². The van der Waals surface area contributed by atoms with Gasteiger partial charge >= 0.3 is 0 Å². The molecule has 4 nitrogen and oxygen atoms in total. The molecule has 1 aromatic rings. The van der Waals surface area contributed by atoms with E-state index in [1.165, 1.54) is 12.8 Å². The van der Waals surface area contributed by atoms with Crippen LogP contribution < -0.4 is 5.32 Å². The highest BCUT2D eigenvalue weighted by atomic mass is 15.4. The number of hydrogen-bond acceptors (Lipinski definition) is 3. The van der Waals surface area contributed by atoms with E-state index in [0.717, 1.165) is 19.5 Å². The molecule has 80 valence electrons. The Kier molecular flexibility index (Phi) is 5.22. The summed E-state index contributed by atoms with van der Waals surface area (Å²) in [6.07, 6.45) is 7.22. The van der Waals surface area contributed by atoms with Gasteiger partial charge in [0.15, 0.2) is 0 Å². The molecule has 0 amide bonds. The maximum absolute atomic E-state index is 3.91. The molecule has 0 aliphatic carbocycles. The minimum Gasteiger partial charge on any atom is -0.314 e. The Morgan fingerprint density at radius 3 is 3.00 bits per heavy atom. The molecular weight excluding hydrogens is 176 g/mol. The van der Waals surface area contributed by atoms with E-state index >= 15 is 0 Å². The lowest BCUT2D eigenvalue weighted by molar-refractivity contribution is 0.471. The Morgan fingerprint density at radius 2 is 2.36 bits per heavy atom. The van der Waals surface area contributed by atoms with Gasteiger partial charge in [-0.25, -0.2) is 0 Å². The maximum atomic E-state index is 3.91. The normalized spacial score (nSPS) is 13.0. The van der Waals surface area contributed by atoms with Crippen molar-refractivity contribution < 1.29 is 0 Å². The van der Waals surface area contributed by atoms with Crippen molar-refractivity contribution in [3.05, 3.63) is 12.4 Å².